The van der Waals surface area contributed by atoms with E-state index < -0.39 is 5.97 Å². The molecule has 0 aliphatic rings. The molecule has 0 saturated heterocycles. The minimum Gasteiger partial charge on any atom is -0.465 e. The zero-order valence-corrected chi connectivity index (χ0v) is 11.0. The first-order valence-corrected chi connectivity index (χ1v) is 6.07. The van der Waals surface area contributed by atoms with E-state index in [1.807, 2.05) is 42.5 Å². The first-order valence-electron chi connectivity index (χ1n) is 6.07. The molecule has 0 fully saturated rings. The van der Waals surface area contributed by atoms with Crippen LogP contribution < -0.4 is 0 Å². The van der Waals surface area contributed by atoms with Crippen molar-refractivity contribution in [1.82, 2.24) is 0 Å². The third-order valence-corrected chi connectivity index (χ3v) is 2.82. The summed E-state index contributed by atoms with van der Waals surface area (Å²) >= 11 is 0. The molecule has 3 nitrogen and oxygen atoms in total. The number of ether oxygens (including phenoxy) is 1. The van der Waals surface area contributed by atoms with E-state index in [1.54, 1.807) is 18.2 Å². The van der Waals surface area contributed by atoms with Gasteiger partial charge in [-0.1, -0.05) is 60.7 Å². The normalized spacial score (nSPS) is 10.2. The Balaban J connectivity index is 2.37. The first kappa shape index (κ1) is 13.6. The van der Waals surface area contributed by atoms with Gasteiger partial charge in [0, 0.05) is 0 Å². The van der Waals surface area contributed by atoms with Crippen molar-refractivity contribution < 1.29 is 9.53 Å². The number of hydrogen-bond donors (Lipinski definition) is 0. The highest BCUT2D eigenvalue weighted by Crippen LogP contribution is 2.23. The molecule has 0 spiro atoms. The van der Waals surface area contributed by atoms with Crippen LogP contribution in [-0.4, -0.2) is 13.1 Å². The molecule has 0 saturated carbocycles. The number of hydrogen-bond acceptors (Lipinski definition) is 2. The Morgan fingerprint density at radius 2 is 1.90 bits per heavy atom. The molecule has 2 rings (SSSR count). The summed E-state index contributed by atoms with van der Waals surface area (Å²) in [7, 11) is 1.34. The van der Waals surface area contributed by atoms with Crippen LogP contribution in [-0.2, 0) is 4.74 Å². The second-order valence-corrected chi connectivity index (χ2v) is 4.12. The average Bonchev–Trinajstić information content (AvgIpc) is 2.52. The van der Waals surface area contributed by atoms with Crippen molar-refractivity contribution in [2.75, 3.05) is 7.11 Å². The summed E-state index contributed by atoms with van der Waals surface area (Å²) in [5.74, 6) is -0.407. The molecule has 0 aliphatic heterocycles. The van der Waals surface area contributed by atoms with E-state index in [0.717, 1.165) is 5.56 Å². The lowest BCUT2D eigenvalue weighted by Crippen LogP contribution is -2.00. The fraction of sp³-hybridized carbons (Fsp3) is 0.0588. The Bertz CT molecular complexity index is 682. The maximum absolute atomic E-state index is 11.5. The second kappa shape index (κ2) is 6.35. The van der Waals surface area contributed by atoms with Crippen molar-refractivity contribution >= 4 is 23.8 Å². The number of carbonyl (C=O) groups is 1. The quantitative estimate of drug-likeness (QED) is 0.472. The van der Waals surface area contributed by atoms with Crippen LogP contribution in [0.4, 0.5) is 5.69 Å². The number of carbonyl (C=O) groups excluding carboxylic acids is 1. The van der Waals surface area contributed by atoms with Gasteiger partial charge in [-0.3, -0.25) is 0 Å². The van der Waals surface area contributed by atoms with E-state index in [2.05, 4.69) is 9.58 Å². The third kappa shape index (κ3) is 3.12. The van der Waals surface area contributed by atoms with Crippen LogP contribution in [0, 0.1) is 6.57 Å². The van der Waals surface area contributed by atoms with Crippen LogP contribution in [0.25, 0.3) is 17.0 Å². The molecule has 20 heavy (non-hydrogen) atoms. The average molecular weight is 263 g/mol. The zero-order chi connectivity index (χ0) is 14.4. The topological polar surface area (TPSA) is 30.7 Å². The number of nitrogens with zero attached hydrogens (tertiary/aromatic N) is 1. The minimum absolute atomic E-state index is 0.407. The summed E-state index contributed by atoms with van der Waals surface area (Å²) in [6.07, 6.45) is 3.74. The van der Waals surface area contributed by atoms with Crippen LogP contribution >= 0.6 is 0 Å². The van der Waals surface area contributed by atoms with Gasteiger partial charge in [0.05, 0.1) is 19.2 Å². The van der Waals surface area contributed by atoms with Crippen LogP contribution in [0.3, 0.4) is 0 Å². The fourth-order valence-electron chi connectivity index (χ4n) is 1.78. The molecule has 3 heteroatoms. The summed E-state index contributed by atoms with van der Waals surface area (Å²) in [6.45, 7) is 7.17. The largest absolute Gasteiger partial charge is 0.465 e. The lowest BCUT2D eigenvalue weighted by molar-refractivity contribution is 0.0600. The molecule has 0 aromatic heterocycles. The van der Waals surface area contributed by atoms with Crippen molar-refractivity contribution in [1.29, 1.82) is 0 Å². The summed E-state index contributed by atoms with van der Waals surface area (Å²) in [4.78, 5) is 15.0. The Morgan fingerprint density at radius 1 is 1.15 bits per heavy atom. The summed E-state index contributed by atoms with van der Waals surface area (Å²) in [5, 5.41) is 0. The molecule has 0 N–H and O–H groups in total. The van der Waals surface area contributed by atoms with Crippen LogP contribution in [0.1, 0.15) is 21.5 Å². The van der Waals surface area contributed by atoms with E-state index in [9.17, 15) is 4.79 Å². The SMILES string of the molecule is [C-]#[N+]c1ccc(C(=O)OC)cc1/C=C/c1ccccc1. The standard InChI is InChI=1S/C17H13NO2/c1-18-16-11-10-15(17(19)20-2)12-14(16)9-8-13-6-4-3-5-7-13/h3-12H,2H3/b9-8+. The Morgan fingerprint density at radius 3 is 2.55 bits per heavy atom. The number of esters is 1. The van der Waals surface area contributed by atoms with Gasteiger partial charge in [-0.25, -0.2) is 9.64 Å². The van der Waals surface area contributed by atoms with Crippen molar-refractivity contribution in [3.8, 4) is 0 Å². The monoisotopic (exact) mass is 263 g/mol. The lowest BCUT2D eigenvalue weighted by atomic mass is 10.1. The molecule has 0 atom stereocenters. The van der Waals surface area contributed by atoms with Gasteiger partial charge in [0.2, 0.25) is 0 Å². The molecule has 0 unspecified atom stereocenters. The Hall–Kier alpha value is -2.86. The van der Waals surface area contributed by atoms with E-state index in [0.29, 0.717) is 16.8 Å². The molecule has 2 aromatic rings. The Labute approximate surface area is 118 Å². The van der Waals surface area contributed by atoms with Gasteiger partial charge < -0.3 is 4.74 Å². The summed E-state index contributed by atoms with van der Waals surface area (Å²) < 4.78 is 4.69. The third-order valence-electron chi connectivity index (χ3n) is 2.82. The maximum atomic E-state index is 11.5. The van der Waals surface area contributed by atoms with Crippen LogP contribution in [0.2, 0.25) is 0 Å². The summed E-state index contributed by atoms with van der Waals surface area (Å²) in [6, 6.07) is 14.7. The smallest absolute Gasteiger partial charge is 0.337 e. The first-order chi connectivity index (χ1) is 9.74. The van der Waals surface area contributed by atoms with E-state index in [1.165, 1.54) is 7.11 Å². The van der Waals surface area contributed by atoms with Crippen molar-refractivity contribution in [2.45, 2.75) is 0 Å². The van der Waals surface area contributed by atoms with Crippen molar-refractivity contribution in [3.05, 3.63) is 76.6 Å². The van der Waals surface area contributed by atoms with E-state index in [4.69, 9.17) is 6.57 Å². The predicted molar refractivity (Wildman–Crippen MR) is 79.4 cm³/mol. The predicted octanol–water partition coefficient (Wildman–Crippen LogP) is 4.19. The molecule has 0 bridgehead atoms. The highest BCUT2D eigenvalue weighted by molar-refractivity contribution is 5.92. The molecule has 0 amide bonds. The molecular weight excluding hydrogens is 250 g/mol. The van der Waals surface area contributed by atoms with Gasteiger partial charge in [0.1, 0.15) is 0 Å². The zero-order valence-electron chi connectivity index (χ0n) is 11.0. The second-order valence-electron chi connectivity index (χ2n) is 4.12. The number of rotatable bonds is 3. The molecular formula is C17H13NO2. The molecule has 0 heterocycles. The lowest BCUT2D eigenvalue weighted by Gasteiger charge is -2.03. The summed E-state index contributed by atoms with van der Waals surface area (Å²) in [5.41, 5.74) is 2.68. The Kier molecular flexibility index (Phi) is 4.31. The molecule has 98 valence electrons. The van der Waals surface area contributed by atoms with Gasteiger partial charge in [0.15, 0.2) is 5.69 Å². The van der Waals surface area contributed by atoms with E-state index >= 15 is 0 Å². The fourth-order valence-corrected chi connectivity index (χ4v) is 1.78. The highest BCUT2D eigenvalue weighted by Gasteiger charge is 2.08. The van der Waals surface area contributed by atoms with Crippen molar-refractivity contribution in [2.24, 2.45) is 0 Å². The van der Waals surface area contributed by atoms with Gasteiger partial charge >= 0.3 is 5.97 Å². The van der Waals surface area contributed by atoms with Crippen LogP contribution in [0.15, 0.2) is 48.5 Å². The van der Waals surface area contributed by atoms with Crippen molar-refractivity contribution in [3.63, 3.8) is 0 Å². The molecule has 0 aliphatic carbocycles. The van der Waals surface area contributed by atoms with Gasteiger partial charge in [0.25, 0.3) is 0 Å². The molecule has 0 radical (unpaired) electrons. The van der Waals surface area contributed by atoms with Gasteiger partial charge in [-0.15, -0.1) is 0 Å². The molecule has 2 aromatic carbocycles. The maximum Gasteiger partial charge on any atom is 0.337 e. The highest BCUT2D eigenvalue weighted by atomic mass is 16.5. The number of benzene rings is 2. The van der Waals surface area contributed by atoms with Gasteiger partial charge in [-0.05, 0) is 11.1 Å². The number of methoxy groups -OCH3 is 1. The van der Waals surface area contributed by atoms with Crippen LogP contribution in [0.5, 0.6) is 0 Å². The van der Waals surface area contributed by atoms with E-state index in [-0.39, 0.29) is 0 Å². The van der Waals surface area contributed by atoms with Gasteiger partial charge in [-0.2, -0.15) is 0 Å². The minimum atomic E-state index is -0.407.